The van der Waals surface area contributed by atoms with E-state index < -0.39 is 0 Å². The number of rotatable bonds is 3. The van der Waals surface area contributed by atoms with Gasteiger partial charge in [0.2, 0.25) is 0 Å². The standard InChI is InChI=1S/C15H18N4S/c1-20-15-12(10-16)14(17-11-6-3-2-4-7-11)19-9-5-8-13(19)18-15/h5,8-9,11,17H,2-4,6-7H2,1H3. The van der Waals surface area contributed by atoms with Gasteiger partial charge in [-0.3, -0.25) is 4.40 Å². The molecule has 0 saturated heterocycles. The molecule has 1 aliphatic rings. The Morgan fingerprint density at radius 2 is 2.20 bits per heavy atom. The summed E-state index contributed by atoms with van der Waals surface area (Å²) in [7, 11) is 0. The van der Waals surface area contributed by atoms with Crippen LogP contribution < -0.4 is 5.32 Å². The van der Waals surface area contributed by atoms with Crippen molar-refractivity contribution in [1.29, 1.82) is 5.26 Å². The molecule has 3 rings (SSSR count). The van der Waals surface area contributed by atoms with Gasteiger partial charge < -0.3 is 5.32 Å². The van der Waals surface area contributed by atoms with Gasteiger partial charge in [-0.1, -0.05) is 19.3 Å². The van der Waals surface area contributed by atoms with E-state index in [0.29, 0.717) is 11.6 Å². The first kappa shape index (κ1) is 13.3. The Hall–Kier alpha value is -1.67. The van der Waals surface area contributed by atoms with Gasteiger partial charge in [0.25, 0.3) is 0 Å². The molecule has 20 heavy (non-hydrogen) atoms. The minimum absolute atomic E-state index is 0.471. The normalized spacial score (nSPS) is 16.2. The first-order chi connectivity index (χ1) is 9.83. The lowest BCUT2D eigenvalue weighted by molar-refractivity contribution is 0.461. The number of fused-ring (bicyclic) bond motifs is 1. The van der Waals surface area contributed by atoms with E-state index >= 15 is 0 Å². The molecule has 0 spiro atoms. The van der Waals surface area contributed by atoms with E-state index in [0.717, 1.165) is 16.5 Å². The number of nitrogens with zero attached hydrogens (tertiary/aromatic N) is 3. The van der Waals surface area contributed by atoms with E-state index in [2.05, 4.69) is 16.4 Å². The van der Waals surface area contributed by atoms with Gasteiger partial charge in [0.15, 0.2) is 0 Å². The van der Waals surface area contributed by atoms with Crippen LogP contribution in [-0.4, -0.2) is 21.7 Å². The molecule has 0 bridgehead atoms. The average molecular weight is 286 g/mol. The maximum Gasteiger partial charge on any atom is 0.139 e. The molecular formula is C15H18N4S. The minimum Gasteiger partial charge on any atom is -0.367 e. The van der Waals surface area contributed by atoms with Crippen molar-refractivity contribution in [1.82, 2.24) is 9.38 Å². The molecule has 0 aromatic carbocycles. The van der Waals surface area contributed by atoms with Gasteiger partial charge >= 0.3 is 0 Å². The zero-order valence-electron chi connectivity index (χ0n) is 11.6. The van der Waals surface area contributed by atoms with Crippen LogP contribution in [0.5, 0.6) is 0 Å². The fourth-order valence-corrected chi connectivity index (χ4v) is 3.40. The fraction of sp³-hybridized carbons (Fsp3) is 0.467. The van der Waals surface area contributed by atoms with Crippen LogP contribution >= 0.6 is 11.8 Å². The molecule has 4 nitrogen and oxygen atoms in total. The Balaban J connectivity index is 2.06. The quantitative estimate of drug-likeness (QED) is 0.691. The van der Waals surface area contributed by atoms with Gasteiger partial charge in [0.1, 0.15) is 28.1 Å². The number of aromatic nitrogens is 2. The molecule has 0 radical (unpaired) electrons. The molecule has 1 saturated carbocycles. The Kier molecular flexibility index (Phi) is 3.83. The lowest BCUT2D eigenvalue weighted by Gasteiger charge is -2.25. The van der Waals surface area contributed by atoms with Crippen molar-refractivity contribution in [3.63, 3.8) is 0 Å². The third-order valence-corrected chi connectivity index (χ3v) is 4.57. The lowest BCUT2D eigenvalue weighted by Crippen LogP contribution is -2.24. The smallest absolute Gasteiger partial charge is 0.139 e. The summed E-state index contributed by atoms with van der Waals surface area (Å²) in [4.78, 5) is 4.54. The summed E-state index contributed by atoms with van der Waals surface area (Å²) in [6.45, 7) is 0. The van der Waals surface area contributed by atoms with Crippen molar-refractivity contribution in [2.75, 3.05) is 11.6 Å². The minimum atomic E-state index is 0.471. The van der Waals surface area contributed by atoms with Crippen LogP contribution in [-0.2, 0) is 0 Å². The molecule has 0 atom stereocenters. The number of thioether (sulfide) groups is 1. The molecule has 1 fully saturated rings. The number of nitriles is 1. The fourth-order valence-electron chi connectivity index (χ4n) is 2.86. The zero-order chi connectivity index (χ0) is 13.9. The van der Waals surface area contributed by atoms with E-state index in [4.69, 9.17) is 0 Å². The summed E-state index contributed by atoms with van der Waals surface area (Å²) in [6, 6.07) is 6.74. The second kappa shape index (κ2) is 5.76. The summed E-state index contributed by atoms with van der Waals surface area (Å²) in [5.74, 6) is 0.902. The third-order valence-electron chi connectivity index (χ3n) is 3.89. The molecule has 0 unspecified atom stereocenters. The SMILES string of the molecule is CSc1nc2cccn2c(NC2CCCCC2)c1C#N. The highest BCUT2D eigenvalue weighted by Gasteiger charge is 2.19. The van der Waals surface area contributed by atoms with E-state index in [9.17, 15) is 5.26 Å². The van der Waals surface area contributed by atoms with Gasteiger partial charge in [-0.25, -0.2) is 4.98 Å². The molecule has 2 heterocycles. The van der Waals surface area contributed by atoms with Crippen molar-refractivity contribution in [3.05, 3.63) is 23.9 Å². The number of anilines is 1. The van der Waals surface area contributed by atoms with Crippen LogP contribution in [0.2, 0.25) is 0 Å². The summed E-state index contributed by atoms with van der Waals surface area (Å²) < 4.78 is 1.99. The predicted molar refractivity (Wildman–Crippen MR) is 82.2 cm³/mol. The van der Waals surface area contributed by atoms with E-state index in [1.54, 1.807) is 0 Å². The number of hydrogen-bond acceptors (Lipinski definition) is 4. The number of hydrogen-bond donors (Lipinski definition) is 1. The van der Waals surface area contributed by atoms with Crippen molar-refractivity contribution < 1.29 is 0 Å². The first-order valence-corrected chi connectivity index (χ1v) is 8.27. The highest BCUT2D eigenvalue weighted by atomic mass is 32.2. The van der Waals surface area contributed by atoms with Crippen molar-refractivity contribution in [3.8, 4) is 6.07 Å². The average Bonchev–Trinajstić information content (AvgIpc) is 2.96. The van der Waals surface area contributed by atoms with Gasteiger partial charge in [-0.15, -0.1) is 11.8 Å². The van der Waals surface area contributed by atoms with Crippen molar-refractivity contribution in [2.45, 2.75) is 43.2 Å². The first-order valence-electron chi connectivity index (χ1n) is 7.05. The third kappa shape index (κ3) is 2.36. The van der Waals surface area contributed by atoms with Crippen molar-refractivity contribution in [2.24, 2.45) is 0 Å². The van der Waals surface area contributed by atoms with Gasteiger partial charge in [0, 0.05) is 12.2 Å². The monoisotopic (exact) mass is 286 g/mol. The maximum atomic E-state index is 9.50. The van der Waals surface area contributed by atoms with Crippen LogP contribution in [0.25, 0.3) is 5.65 Å². The topological polar surface area (TPSA) is 53.1 Å². The summed E-state index contributed by atoms with van der Waals surface area (Å²) in [5.41, 5.74) is 1.55. The Labute approximate surface area is 123 Å². The molecule has 2 aromatic heterocycles. The molecule has 1 aliphatic carbocycles. The molecular weight excluding hydrogens is 268 g/mol. The largest absolute Gasteiger partial charge is 0.367 e. The Morgan fingerprint density at radius 3 is 2.90 bits per heavy atom. The van der Waals surface area contributed by atoms with Gasteiger partial charge in [-0.05, 0) is 31.2 Å². The zero-order valence-corrected chi connectivity index (χ0v) is 12.4. The Morgan fingerprint density at radius 1 is 1.40 bits per heavy atom. The predicted octanol–water partition coefficient (Wildman–Crippen LogP) is 3.67. The molecule has 104 valence electrons. The summed E-state index contributed by atoms with van der Waals surface area (Å²) in [5, 5.41) is 13.9. The molecule has 2 aromatic rings. The second-order valence-corrected chi connectivity index (χ2v) is 5.97. The number of nitrogens with one attached hydrogen (secondary N) is 1. The summed E-state index contributed by atoms with van der Waals surface area (Å²) in [6.07, 6.45) is 10.2. The van der Waals surface area contributed by atoms with Crippen LogP contribution in [0.15, 0.2) is 23.4 Å². The summed E-state index contributed by atoms with van der Waals surface area (Å²) >= 11 is 1.53. The highest BCUT2D eigenvalue weighted by Crippen LogP contribution is 2.29. The molecule has 0 amide bonds. The van der Waals surface area contributed by atoms with Crippen LogP contribution in [0, 0.1) is 11.3 Å². The van der Waals surface area contributed by atoms with Gasteiger partial charge in [-0.2, -0.15) is 5.26 Å². The maximum absolute atomic E-state index is 9.50. The molecule has 0 aliphatic heterocycles. The molecule has 5 heteroatoms. The molecule has 1 N–H and O–H groups in total. The van der Waals surface area contributed by atoms with Gasteiger partial charge in [0.05, 0.1) is 0 Å². The lowest BCUT2D eigenvalue weighted by atomic mass is 9.95. The Bertz CT molecular complexity index is 650. The highest BCUT2D eigenvalue weighted by molar-refractivity contribution is 7.98. The van der Waals surface area contributed by atoms with E-state index in [1.165, 1.54) is 43.9 Å². The van der Waals surface area contributed by atoms with E-state index in [1.807, 2.05) is 29.0 Å². The van der Waals surface area contributed by atoms with Crippen LogP contribution in [0.4, 0.5) is 5.82 Å². The van der Waals surface area contributed by atoms with Crippen molar-refractivity contribution >= 4 is 23.2 Å². The second-order valence-electron chi connectivity index (χ2n) is 5.17. The van der Waals surface area contributed by atoms with Crippen LogP contribution in [0.1, 0.15) is 37.7 Å². The van der Waals surface area contributed by atoms with E-state index in [-0.39, 0.29) is 0 Å². The van der Waals surface area contributed by atoms with Crippen LogP contribution in [0.3, 0.4) is 0 Å².